The van der Waals surface area contributed by atoms with Crippen LogP contribution in [0.25, 0.3) is 10.1 Å². The second-order valence-corrected chi connectivity index (χ2v) is 8.39. The lowest BCUT2D eigenvalue weighted by molar-refractivity contribution is 0.0606. The van der Waals surface area contributed by atoms with E-state index in [4.69, 9.17) is 4.74 Å². The number of hydrogen-bond donors (Lipinski definition) is 2. The highest BCUT2D eigenvalue weighted by Gasteiger charge is 2.22. The van der Waals surface area contributed by atoms with Gasteiger partial charge in [0.05, 0.1) is 7.11 Å². The molecular formula is C13H15NO3S2. The molecule has 0 aliphatic carbocycles. The largest absolute Gasteiger partial charge is 0.465 e. The van der Waals surface area contributed by atoms with Gasteiger partial charge in [-0.2, -0.15) is 0 Å². The van der Waals surface area contributed by atoms with E-state index in [0.29, 0.717) is 10.6 Å². The Morgan fingerprint density at radius 1 is 1.42 bits per heavy atom. The van der Waals surface area contributed by atoms with Crippen LogP contribution in [-0.2, 0) is 14.9 Å². The molecule has 0 bridgehead atoms. The molecule has 0 saturated carbocycles. The number of ether oxygens (including phenoxy) is 1. The van der Waals surface area contributed by atoms with Gasteiger partial charge in [-0.15, -0.1) is 11.3 Å². The number of hydrogen-bond acceptors (Lipinski definition) is 4. The molecule has 1 aromatic carbocycles. The van der Waals surface area contributed by atoms with Gasteiger partial charge < -0.3 is 4.74 Å². The maximum absolute atomic E-state index is 12.7. The molecule has 1 aliphatic heterocycles. The van der Waals surface area contributed by atoms with Crippen molar-refractivity contribution in [2.45, 2.75) is 11.3 Å². The first kappa shape index (κ1) is 12.8. The lowest BCUT2D eigenvalue weighted by Gasteiger charge is -2.18. The van der Waals surface area contributed by atoms with Gasteiger partial charge in [0, 0.05) is 21.9 Å². The van der Waals surface area contributed by atoms with Crippen molar-refractivity contribution in [3.63, 3.8) is 0 Å². The summed E-state index contributed by atoms with van der Waals surface area (Å²) < 4.78 is 21.5. The predicted octanol–water partition coefficient (Wildman–Crippen LogP) is 1.97. The predicted molar refractivity (Wildman–Crippen MR) is 78.5 cm³/mol. The summed E-state index contributed by atoms with van der Waals surface area (Å²) in [5.74, 6) is 0.389. The van der Waals surface area contributed by atoms with Gasteiger partial charge in [0.1, 0.15) is 4.88 Å². The topological polar surface area (TPSA) is 55.4 Å². The second kappa shape index (κ2) is 4.70. The Hall–Kier alpha value is -1.24. The van der Waals surface area contributed by atoms with Crippen molar-refractivity contribution in [2.24, 2.45) is 0 Å². The fraction of sp³-hybridized carbons (Fsp3) is 0.308. The van der Waals surface area contributed by atoms with Crippen LogP contribution in [0.1, 0.15) is 16.1 Å². The average Bonchev–Trinajstić information content (AvgIpc) is 3.03. The van der Waals surface area contributed by atoms with Gasteiger partial charge in [-0.3, -0.25) is 8.93 Å². The van der Waals surface area contributed by atoms with E-state index in [0.717, 1.165) is 27.9 Å². The Morgan fingerprint density at radius 2 is 2.26 bits per heavy atom. The third kappa shape index (κ3) is 2.20. The lowest BCUT2D eigenvalue weighted by atomic mass is 10.2. The lowest BCUT2D eigenvalue weighted by Crippen LogP contribution is -2.25. The summed E-state index contributed by atoms with van der Waals surface area (Å²) in [4.78, 5) is 12.9. The van der Waals surface area contributed by atoms with E-state index in [9.17, 15) is 9.00 Å². The highest BCUT2D eigenvalue weighted by Crippen LogP contribution is 2.30. The zero-order valence-corrected chi connectivity index (χ0v) is 12.2. The molecule has 3 rings (SSSR count). The van der Waals surface area contributed by atoms with E-state index >= 15 is 0 Å². The molecule has 2 heterocycles. The first-order chi connectivity index (χ1) is 9.12. The maximum atomic E-state index is 12.7. The summed E-state index contributed by atoms with van der Waals surface area (Å²) in [6.07, 6.45) is 0.951. The highest BCUT2D eigenvalue weighted by atomic mass is 32.3. The number of thiol groups is 1. The molecule has 1 fully saturated rings. The van der Waals surface area contributed by atoms with Crippen molar-refractivity contribution in [3.8, 4) is 0 Å². The molecule has 19 heavy (non-hydrogen) atoms. The Labute approximate surface area is 116 Å². The van der Waals surface area contributed by atoms with Crippen molar-refractivity contribution < 1.29 is 13.7 Å². The normalized spacial score (nSPS) is 19.4. The molecule has 4 nitrogen and oxygen atoms in total. The van der Waals surface area contributed by atoms with Crippen LogP contribution in [0.5, 0.6) is 0 Å². The monoisotopic (exact) mass is 297 g/mol. The first-order valence-corrected chi connectivity index (χ1v) is 8.80. The number of methoxy groups -OCH3 is 1. The van der Waals surface area contributed by atoms with Crippen molar-refractivity contribution in [3.05, 3.63) is 29.1 Å². The molecule has 1 aliphatic rings. The quantitative estimate of drug-likeness (QED) is 0.658. The summed E-state index contributed by atoms with van der Waals surface area (Å²) in [5, 5.41) is 0.951. The number of benzene rings is 1. The van der Waals surface area contributed by atoms with Crippen LogP contribution in [0.15, 0.2) is 29.2 Å². The van der Waals surface area contributed by atoms with Crippen LogP contribution < -0.4 is 4.72 Å². The molecule has 1 N–H and O–H groups in total. The van der Waals surface area contributed by atoms with Crippen LogP contribution in [0.4, 0.5) is 0 Å². The molecule has 0 spiro atoms. The maximum Gasteiger partial charge on any atom is 0.348 e. The molecule has 0 unspecified atom stereocenters. The van der Waals surface area contributed by atoms with Crippen molar-refractivity contribution in [1.29, 1.82) is 0 Å². The third-order valence-electron chi connectivity index (χ3n) is 3.32. The molecule has 1 saturated heterocycles. The number of thiophene rings is 1. The smallest absolute Gasteiger partial charge is 0.348 e. The molecule has 1 aromatic heterocycles. The van der Waals surface area contributed by atoms with Gasteiger partial charge in [0.2, 0.25) is 0 Å². The van der Waals surface area contributed by atoms with Gasteiger partial charge in [-0.1, -0.05) is 0 Å². The fourth-order valence-corrected chi connectivity index (χ4v) is 5.66. The van der Waals surface area contributed by atoms with Gasteiger partial charge in [-0.05, 0) is 46.2 Å². The highest BCUT2D eigenvalue weighted by molar-refractivity contribution is 8.01. The van der Waals surface area contributed by atoms with Gasteiger partial charge in [0.25, 0.3) is 0 Å². The second-order valence-electron chi connectivity index (χ2n) is 4.55. The summed E-state index contributed by atoms with van der Waals surface area (Å²) in [6, 6.07) is 7.56. The molecule has 6 heteroatoms. The number of nitrogens with one attached hydrogen (secondary N) is 1. The van der Waals surface area contributed by atoms with E-state index in [2.05, 4.69) is 4.72 Å². The minimum Gasteiger partial charge on any atom is -0.465 e. The summed E-state index contributed by atoms with van der Waals surface area (Å²) in [7, 11) is -1.04. The third-order valence-corrected chi connectivity index (χ3v) is 7.21. The molecule has 102 valence electrons. The average molecular weight is 297 g/mol. The number of carbonyl (C=O) groups excluding carboxylic acids is 1. The first-order valence-electron chi connectivity index (χ1n) is 6.09. The zero-order valence-electron chi connectivity index (χ0n) is 10.5. The molecule has 2 aromatic rings. The van der Waals surface area contributed by atoms with Crippen molar-refractivity contribution in [2.75, 3.05) is 19.4 Å². The van der Waals surface area contributed by atoms with E-state index in [1.165, 1.54) is 18.4 Å². The summed E-state index contributed by atoms with van der Waals surface area (Å²) in [5.41, 5.74) is 0. The van der Waals surface area contributed by atoms with Gasteiger partial charge >= 0.3 is 5.97 Å². The number of fused-ring (bicyclic) bond motifs is 1. The number of esters is 1. The Balaban J connectivity index is 2.06. The SMILES string of the molecule is COC(=O)c1cc2cc([SH]3(=O)CCCN3)ccc2s1. The van der Waals surface area contributed by atoms with Crippen molar-refractivity contribution in [1.82, 2.24) is 4.72 Å². The van der Waals surface area contributed by atoms with Crippen LogP contribution in [0.3, 0.4) is 0 Å². The number of carbonyl (C=O) groups is 1. The Morgan fingerprint density at radius 3 is 2.95 bits per heavy atom. The van der Waals surface area contributed by atoms with E-state index in [1.807, 2.05) is 18.2 Å². The van der Waals surface area contributed by atoms with Gasteiger partial charge in [-0.25, -0.2) is 4.79 Å². The van der Waals surface area contributed by atoms with E-state index in [-0.39, 0.29) is 5.97 Å². The van der Waals surface area contributed by atoms with Crippen LogP contribution in [-0.4, -0.2) is 29.6 Å². The Bertz CT molecular complexity index is 682. The Kier molecular flexibility index (Phi) is 3.16. The zero-order chi connectivity index (χ0) is 13.5. The fourth-order valence-electron chi connectivity index (χ4n) is 2.32. The summed E-state index contributed by atoms with van der Waals surface area (Å²) in [6.45, 7) is 0.812. The minimum atomic E-state index is -2.41. The van der Waals surface area contributed by atoms with Crippen LogP contribution >= 0.6 is 11.3 Å². The molecular weight excluding hydrogens is 282 g/mol. The van der Waals surface area contributed by atoms with Crippen LogP contribution in [0, 0.1) is 0 Å². The van der Waals surface area contributed by atoms with Crippen LogP contribution in [0.2, 0.25) is 0 Å². The van der Waals surface area contributed by atoms with E-state index in [1.54, 1.807) is 6.07 Å². The summed E-state index contributed by atoms with van der Waals surface area (Å²) >= 11 is 1.40. The van der Waals surface area contributed by atoms with Crippen molar-refractivity contribution >= 4 is 37.5 Å². The molecule has 0 atom stereocenters. The standard InChI is InChI=1S/C13H15NO3S2/c1-17-13(15)12-8-9-7-10(3-4-11(9)18-12)19(16)6-2-5-14-19/h3-4,7-8,19H,2,5-6H2,1H3,(H,14,16). The molecule has 0 radical (unpaired) electrons. The van der Waals surface area contributed by atoms with E-state index < -0.39 is 10.1 Å². The number of rotatable bonds is 2. The van der Waals surface area contributed by atoms with Gasteiger partial charge in [0.15, 0.2) is 0 Å². The molecule has 0 amide bonds. The minimum absolute atomic E-state index is 0.326.